The first-order chi connectivity index (χ1) is 10.4. The first-order valence-corrected chi connectivity index (χ1v) is 6.73. The van der Waals surface area contributed by atoms with E-state index in [1.807, 2.05) is 0 Å². The quantitative estimate of drug-likeness (QED) is 0.179. The van der Waals surface area contributed by atoms with Crippen LogP contribution in [0.1, 0.15) is 12.0 Å². The molecule has 1 aromatic rings. The molecule has 1 rings (SSSR count). The van der Waals surface area contributed by atoms with Crippen LogP contribution in [0.5, 0.6) is 0 Å². The van der Waals surface area contributed by atoms with E-state index in [2.05, 4.69) is 9.57 Å². The summed E-state index contributed by atoms with van der Waals surface area (Å²) in [6, 6.07) is 4.93. The highest BCUT2D eigenvalue weighted by Crippen LogP contribution is 2.26. The van der Waals surface area contributed by atoms with Crippen LogP contribution in [0.3, 0.4) is 0 Å². The van der Waals surface area contributed by atoms with E-state index in [9.17, 15) is 19.7 Å². The fourth-order valence-electron chi connectivity index (χ4n) is 1.35. The Morgan fingerprint density at radius 1 is 1.27 bits per heavy atom. The van der Waals surface area contributed by atoms with Gasteiger partial charge in [-0.2, -0.15) is 0 Å². The van der Waals surface area contributed by atoms with Crippen LogP contribution in [0.25, 0.3) is 6.08 Å². The fraction of sp³-hybridized carbons (Fsp3) is 0.231. The Morgan fingerprint density at radius 3 is 2.68 bits per heavy atom. The van der Waals surface area contributed by atoms with Gasteiger partial charge in [-0.05, 0) is 23.8 Å². The third kappa shape index (κ3) is 6.55. The Morgan fingerprint density at radius 2 is 2.00 bits per heavy atom. The minimum absolute atomic E-state index is 0.299. The Labute approximate surface area is 135 Å². The molecule has 0 amide bonds. The van der Waals surface area contributed by atoms with Gasteiger partial charge in [0.2, 0.25) is 0 Å². The maximum Gasteiger partial charge on any atom is 0.313 e. The lowest BCUT2D eigenvalue weighted by Gasteiger charge is -2.02. The minimum Gasteiger partial charge on any atom is -0.463 e. The lowest BCUT2D eigenvalue weighted by molar-refractivity contribution is -0.757. The summed E-state index contributed by atoms with van der Waals surface area (Å²) in [5.74, 6) is -1.31. The van der Waals surface area contributed by atoms with Gasteiger partial charge >= 0.3 is 5.97 Å². The number of allylic oxidation sites excluding steroid dienone is 1. The number of carbonyl (C=O) groups excluding carboxylic acids is 2. The van der Waals surface area contributed by atoms with Crippen molar-refractivity contribution in [1.82, 2.24) is 0 Å². The number of rotatable bonds is 8. The van der Waals surface area contributed by atoms with E-state index in [4.69, 9.17) is 23.2 Å². The summed E-state index contributed by atoms with van der Waals surface area (Å²) in [4.78, 5) is 36.6. The van der Waals surface area contributed by atoms with Crippen molar-refractivity contribution in [3.63, 3.8) is 0 Å². The van der Waals surface area contributed by atoms with Crippen molar-refractivity contribution in [2.24, 2.45) is 0 Å². The van der Waals surface area contributed by atoms with Crippen LogP contribution < -0.4 is 0 Å². The average Bonchev–Trinajstić information content (AvgIpc) is 2.45. The third-order valence-electron chi connectivity index (χ3n) is 2.29. The molecule has 0 aromatic heterocycles. The summed E-state index contributed by atoms with van der Waals surface area (Å²) in [5.41, 5.74) is 0.537. The molecule has 7 nitrogen and oxygen atoms in total. The number of hydrogen-bond donors (Lipinski definition) is 0. The number of benzene rings is 1. The number of ether oxygens (including phenoxy) is 1. The SMILES string of the molecule is O=C(C=Cc1cccc(Cl)c1Cl)CC(=O)OCCO[N+](=O)[O-]. The van der Waals surface area contributed by atoms with Gasteiger partial charge < -0.3 is 9.57 Å². The molecule has 0 saturated carbocycles. The summed E-state index contributed by atoms with van der Waals surface area (Å²) >= 11 is 11.8. The average molecular weight is 348 g/mol. The molecule has 118 valence electrons. The molecular formula is C13H11Cl2NO6. The summed E-state index contributed by atoms with van der Waals surface area (Å²) in [6.45, 7) is -0.697. The molecule has 1 aromatic carbocycles. The Kier molecular flexibility index (Phi) is 7.34. The Bertz CT molecular complexity index is 602. The maximum absolute atomic E-state index is 11.6. The Hall–Kier alpha value is -2.12. The molecule has 22 heavy (non-hydrogen) atoms. The molecule has 0 aliphatic carbocycles. The van der Waals surface area contributed by atoms with Gasteiger partial charge in [0.25, 0.3) is 5.09 Å². The van der Waals surface area contributed by atoms with Gasteiger partial charge in [-0.15, -0.1) is 10.1 Å². The highest BCUT2D eigenvalue weighted by molar-refractivity contribution is 6.42. The zero-order valence-electron chi connectivity index (χ0n) is 11.2. The highest BCUT2D eigenvalue weighted by atomic mass is 35.5. The van der Waals surface area contributed by atoms with E-state index < -0.39 is 23.3 Å². The van der Waals surface area contributed by atoms with E-state index in [1.165, 1.54) is 12.2 Å². The predicted octanol–water partition coefficient (Wildman–Crippen LogP) is 2.72. The van der Waals surface area contributed by atoms with Crippen LogP contribution in [0.4, 0.5) is 0 Å². The molecule has 0 aliphatic rings. The zero-order valence-corrected chi connectivity index (χ0v) is 12.7. The van der Waals surface area contributed by atoms with Gasteiger partial charge in [0.1, 0.15) is 19.6 Å². The van der Waals surface area contributed by atoms with Crippen molar-refractivity contribution in [3.05, 3.63) is 50.0 Å². The number of ketones is 1. The molecule has 0 fully saturated rings. The molecule has 0 radical (unpaired) electrons. The van der Waals surface area contributed by atoms with Crippen LogP contribution in [-0.2, 0) is 19.2 Å². The molecule has 0 bridgehead atoms. The lowest BCUT2D eigenvalue weighted by atomic mass is 10.1. The number of esters is 1. The van der Waals surface area contributed by atoms with E-state index in [0.29, 0.717) is 15.6 Å². The van der Waals surface area contributed by atoms with Gasteiger partial charge in [0.15, 0.2) is 5.78 Å². The topological polar surface area (TPSA) is 95.7 Å². The molecule has 0 heterocycles. The van der Waals surface area contributed by atoms with Crippen molar-refractivity contribution in [2.45, 2.75) is 6.42 Å². The summed E-state index contributed by atoms with van der Waals surface area (Å²) in [7, 11) is 0. The van der Waals surface area contributed by atoms with Crippen LogP contribution >= 0.6 is 23.2 Å². The maximum atomic E-state index is 11.6. The molecule has 0 aliphatic heterocycles. The van der Waals surface area contributed by atoms with Gasteiger partial charge in [0, 0.05) is 0 Å². The van der Waals surface area contributed by atoms with Gasteiger partial charge in [-0.25, -0.2) is 0 Å². The minimum atomic E-state index is -1.00. The number of carbonyl (C=O) groups is 2. The van der Waals surface area contributed by atoms with Gasteiger partial charge in [-0.1, -0.05) is 35.3 Å². The summed E-state index contributed by atoms with van der Waals surface area (Å²) < 4.78 is 4.59. The third-order valence-corrected chi connectivity index (χ3v) is 3.13. The van der Waals surface area contributed by atoms with Crippen molar-refractivity contribution in [3.8, 4) is 0 Å². The highest BCUT2D eigenvalue weighted by Gasteiger charge is 2.09. The second kappa shape index (κ2) is 9.01. The van der Waals surface area contributed by atoms with Crippen LogP contribution in [0, 0.1) is 10.1 Å². The standard InChI is InChI=1S/C13H11Cl2NO6/c14-11-3-1-2-9(13(11)15)4-5-10(17)8-12(18)21-6-7-22-16(19)20/h1-5H,6-8H2. The van der Waals surface area contributed by atoms with Crippen LogP contribution in [0.15, 0.2) is 24.3 Å². The van der Waals surface area contributed by atoms with Crippen molar-refractivity contribution < 1.29 is 24.3 Å². The van der Waals surface area contributed by atoms with E-state index in [0.717, 1.165) is 0 Å². The van der Waals surface area contributed by atoms with Gasteiger partial charge in [-0.3, -0.25) is 9.59 Å². The number of halogens is 2. The predicted molar refractivity (Wildman–Crippen MR) is 79.0 cm³/mol. The summed E-state index contributed by atoms with van der Waals surface area (Å²) in [6.07, 6.45) is 2.11. The van der Waals surface area contributed by atoms with E-state index in [1.54, 1.807) is 18.2 Å². The Balaban J connectivity index is 2.42. The summed E-state index contributed by atoms with van der Waals surface area (Å²) in [5, 5.41) is 9.50. The first kappa shape index (κ1) is 17.9. The van der Waals surface area contributed by atoms with E-state index in [-0.39, 0.29) is 13.2 Å². The molecule has 0 unspecified atom stereocenters. The smallest absolute Gasteiger partial charge is 0.313 e. The molecule has 0 spiro atoms. The van der Waals surface area contributed by atoms with Crippen molar-refractivity contribution >= 4 is 41.0 Å². The first-order valence-electron chi connectivity index (χ1n) is 5.98. The fourth-order valence-corrected chi connectivity index (χ4v) is 1.72. The molecule has 0 saturated heterocycles. The van der Waals surface area contributed by atoms with Crippen molar-refractivity contribution in [1.29, 1.82) is 0 Å². The van der Waals surface area contributed by atoms with E-state index >= 15 is 0 Å². The number of hydrogen-bond acceptors (Lipinski definition) is 6. The zero-order chi connectivity index (χ0) is 16.5. The molecular weight excluding hydrogens is 337 g/mol. The van der Waals surface area contributed by atoms with Crippen LogP contribution in [0.2, 0.25) is 10.0 Å². The monoisotopic (exact) mass is 347 g/mol. The van der Waals surface area contributed by atoms with Gasteiger partial charge in [0.05, 0.1) is 10.0 Å². The molecule has 0 N–H and O–H groups in total. The molecule has 9 heteroatoms. The largest absolute Gasteiger partial charge is 0.463 e. The van der Waals surface area contributed by atoms with Crippen molar-refractivity contribution in [2.75, 3.05) is 13.2 Å². The number of nitrogens with zero attached hydrogens (tertiary/aromatic N) is 1. The second-order valence-corrected chi connectivity index (χ2v) is 4.68. The normalized spacial score (nSPS) is 10.5. The lowest BCUT2D eigenvalue weighted by Crippen LogP contribution is -2.15. The second-order valence-electron chi connectivity index (χ2n) is 3.90. The van der Waals surface area contributed by atoms with Crippen LogP contribution in [-0.4, -0.2) is 30.1 Å². The molecule has 0 atom stereocenters.